The number of carbonyl (C=O) groups excluding carboxylic acids is 2. The van der Waals surface area contributed by atoms with Crippen LogP contribution in [0.3, 0.4) is 0 Å². The highest BCUT2D eigenvalue weighted by Crippen LogP contribution is 2.52. The summed E-state index contributed by atoms with van der Waals surface area (Å²) < 4.78 is 5.45. The number of carbonyl (C=O) groups is 2. The molecule has 3 rings (SSSR count). The van der Waals surface area contributed by atoms with Crippen molar-refractivity contribution in [2.75, 3.05) is 0 Å². The van der Waals surface area contributed by atoms with E-state index in [0.717, 1.165) is 11.1 Å². The number of nitrogens with zero attached hydrogens (tertiary/aromatic N) is 1. The van der Waals surface area contributed by atoms with Crippen molar-refractivity contribution in [3.63, 3.8) is 0 Å². The maximum absolute atomic E-state index is 12.0. The molecule has 0 unspecified atom stereocenters. The van der Waals surface area contributed by atoms with Gasteiger partial charge in [-0.25, -0.2) is 9.69 Å². The van der Waals surface area contributed by atoms with Crippen molar-refractivity contribution < 1.29 is 14.3 Å². The molecule has 2 amide bonds. The highest BCUT2D eigenvalue weighted by molar-refractivity contribution is 5.94. The lowest BCUT2D eigenvalue weighted by molar-refractivity contribution is -0.129. The van der Waals surface area contributed by atoms with Crippen molar-refractivity contribution >= 4 is 12.0 Å². The number of fused-ring (bicyclic) bond motifs is 3. The minimum absolute atomic E-state index is 0.168. The Morgan fingerprint density at radius 1 is 1.37 bits per heavy atom. The van der Waals surface area contributed by atoms with Crippen LogP contribution in [0.1, 0.15) is 44.4 Å². The second-order valence-electron chi connectivity index (χ2n) is 5.68. The molecule has 1 aliphatic heterocycles. The molecule has 1 aliphatic carbocycles. The summed E-state index contributed by atoms with van der Waals surface area (Å²) >= 11 is 0. The number of benzene rings is 1. The molecule has 2 atom stereocenters. The van der Waals surface area contributed by atoms with Gasteiger partial charge < -0.3 is 4.74 Å². The summed E-state index contributed by atoms with van der Waals surface area (Å²) in [5.41, 5.74) is 1.90. The molecular formula is C15H17NO3. The topological polar surface area (TPSA) is 46.6 Å². The molecule has 1 heterocycles. The molecule has 1 fully saturated rings. The van der Waals surface area contributed by atoms with Crippen LogP contribution in [0, 0.1) is 0 Å². The van der Waals surface area contributed by atoms with Crippen LogP contribution in [0.4, 0.5) is 4.79 Å². The Labute approximate surface area is 112 Å². The first-order valence-electron chi connectivity index (χ1n) is 6.60. The van der Waals surface area contributed by atoms with Gasteiger partial charge in [0.15, 0.2) is 6.10 Å². The molecule has 0 radical (unpaired) electrons. The van der Waals surface area contributed by atoms with Gasteiger partial charge in [-0.05, 0) is 11.1 Å². The summed E-state index contributed by atoms with van der Waals surface area (Å²) in [5.74, 6) is -0.168. The van der Waals surface area contributed by atoms with Crippen LogP contribution in [0.5, 0.6) is 0 Å². The Bertz CT molecular complexity index is 564. The summed E-state index contributed by atoms with van der Waals surface area (Å²) in [4.78, 5) is 25.3. The van der Waals surface area contributed by atoms with E-state index in [2.05, 4.69) is 19.9 Å². The summed E-state index contributed by atoms with van der Waals surface area (Å²) in [6.45, 7) is 5.89. The fraction of sp³-hybridized carbons (Fsp3) is 0.467. The van der Waals surface area contributed by atoms with E-state index in [1.165, 1.54) is 4.90 Å². The van der Waals surface area contributed by atoms with Gasteiger partial charge >= 0.3 is 6.09 Å². The molecule has 0 bridgehead atoms. The van der Waals surface area contributed by atoms with Crippen molar-refractivity contribution in [2.24, 2.45) is 0 Å². The number of ether oxygens (including phenoxy) is 1. The Hall–Kier alpha value is -1.84. The number of amides is 2. The molecule has 1 aromatic carbocycles. The average Bonchev–Trinajstić information content (AvgIpc) is 2.84. The lowest BCUT2D eigenvalue weighted by atomic mass is 9.82. The molecular weight excluding hydrogens is 242 g/mol. The number of hydrogen-bond acceptors (Lipinski definition) is 3. The fourth-order valence-corrected chi connectivity index (χ4v) is 3.33. The second-order valence-corrected chi connectivity index (χ2v) is 5.68. The highest BCUT2D eigenvalue weighted by atomic mass is 16.6. The monoisotopic (exact) mass is 259 g/mol. The zero-order chi connectivity index (χ0) is 13.8. The van der Waals surface area contributed by atoms with Gasteiger partial charge in [0, 0.05) is 11.8 Å². The first kappa shape index (κ1) is 12.2. The minimum atomic E-state index is -0.510. The Balaban J connectivity index is 2.12. The largest absolute Gasteiger partial charge is 0.439 e. The van der Waals surface area contributed by atoms with Crippen LogP contribution in [0.2, 0.25) is 0 Å². The molecule has 0 saturated carbocycles. The first-order chi connectivity index (χ1) is 8.98. The van der Waals surface area contributed by atoms with Crippen molar-refractivity contribution in [1.82, 2.24) is 4.90 Å². The van der Waals surface area contributed by atoms with Crippen LogP contribution in [0.25, 0.3) is 0 Å². The van der Waals surface area contributed by atoms with E-state index in [0.29, 0.717) is 6.42 Å². The Kier molecular flexibility index (Phi) is 2.46. The number of imide groups is 1. The van der Waals surface area contributed by atoms with Gasteiger partial charge in [-0.1, -0.05) is 45.0 Å². The Morgan fingerprint density at radius 2 is 2.05 bits per heavy atom. The zero-order valence-electron chi connectivity index (χ0n) is 11.3. The number of hydrogen-bond donors (Lipinski definition) is 0. The Morgan fingerprint density at radius 3 is 2.74 bits per heavy atom. The van der Waals surface area contributed by atoms with Gasteiger partial charge in [0.2, 0.25) is 5.91 Å². The quantitative estimate of drug-likeness (QED) is 0.779. The second kappa shape index (κ2) is 3.83. The van der Waals surface area contributed by atoms with E-state index in [9.17, 15) is 9.59 Å². The summed E-state index contributed by atoms with van der Waals surface area (Å²) in [6, 6.07) is 7.72. The predicted octanol–water partition coefficient (Wildman–Crippen LogP) is 2.78. The van der Waals surface area contributed by atoms with Gasteiger partial charge in [0.25, 0.3) is 0 Å². The van der Waals surface area contributed by atoms with Crippen molar-refractivity contribution in [3.05, 3.63) is 35.4 Å². The van der Waals surface area contributed by atoms with Gasteiger partial charge in [-0.3, -0.25) is 4.79 Å². The third kappa shape index (κ3) is 1.46. The van der Waals surface area contributed by atoms with Crippen molar-refractivity contribution in [3.8, 4) is 0 Å². The van der Waals surface area contributed by atoms with Crippen LogP contribution < -0.4 is 0 Å². The highest BCUT2D eigenvalue weighted by Gasteiger charge is 2.58. The zero-order valence-corrected chi connectivity index (χ0v) is 11.3. The molecule has 0 spiro atoms. The maximum Gasteiger partial charge on any atom is 0.417 e. The van der Waals surface area contributed by atoms with E-state index in [1.807, 2.05) is 18.2 Å². The summed E-state index contributed by atoms with van der Waals surface area (Å²) in [6.07, 6.45) is -0.524. The molecule has 0 N–H and O–H groups in total. The predicted molar refractivity (Wildman–Crippen MR) is 69.6 cm³/mol. The smallest absolute Gasteiger partial charge is 0.417 e. The van der Waals surface area contributed by atoms with Crippen molar-refractivity contribution in [1.29, 1.82) is 0 Å². The molecule has 1 saturated heterocycles. The SMILES string of the molecule is CCC(=O)N1C(=O)O[C@@H]2c3ccccc3C(C)(C)[C@@H]21. The normalized spacial score (nSPS) is 26.9. The lowest BCUT2D eigenvalue weighted by Crippen LogP contribution is -2.46. The molecule has 19 heavy (non-hydrogen) atoms. The van der Waals surface area contributed by atoms with Crippen LogP contribution in [0.15, 0.2) is 24.3 Å². The van der Waals surface area contributed by atoms with E-state index in [-0.39, 0.29) is 23.5 Å². The molecule has 0 aromatic heterocycles. The maximum atomic E-state index is 12.0. The van der Waals surface area contributed by atoms with E-state index in [1.54, 1.807) is 6.92 Å². The van der Waals surface area contributed by atoms with E-state index in [4.69, 9.17) is 4.74 Å². The molecule has 4 nitrogen and oxygen atoms in total. The summed E-state index contributed by atoms with van der Waals surface area (Å²) in [5, 5.41) is 0. The molecule has 2 aliphatic rings. The first-order valence-corrected chi connectivity index (χ1v) is 6.60. The van der Waals surface area contributed by atoms with Crippen LogP contribution in [-0.2, 0) is 14.9 Å². The molecule has 1 aromatic rings. The fourth-order valence-electron chi connectivity index (χ4n) is 3.33. The number of rotatable bonds is 1. The third-order valence-electron chi connectivity index (χ3n) is 4.26. The third-order valence-corrected chi connectivity index (χ3v) is 4.26. The van der Waals surface area contributed by atoms with E-state index >= 15 is 0 Å². The summed E-state index contributed by atoms with van der Waals surface area (Å²) in [7, 11) is 0. The van der Waals surface area contributed by atoms with Gasteiger partial charge in [-0.2, -0.15) is 0 Å². The lowest BCUT2D eigenvalue weighted by Gasteiger charge is -2.31. The molecule has 4 heteroatoms. The van der Waals surface area contributed by atoms with Crippen molar-refractivity contribution in [2.45, 2.75) is 44.8 Å². The minimum Gasteiger partial charge on any atom is -0.439 e. The standard InChI is InChI=1S/C15H17NO3/c1-4-11(17)16-13-12(19-14(16)18)9-7-5-6-8-10(9)15(13,2)3/h5-8,12-13H,4H2,1-3H3/t12-,13-/m1/s1. The van der Waals surface area contributed by atoms with Crippen LogP contribution >= 0.6 is 0 Å². The van der Waals surface area contributed by atoms with Gasteiger partial charge in [-0.15, -0.1) is 0 Å². The van der Waals surface area contributed by atoms with Gasteiger partial charge in [0.05, 0.1) is 6.04 Å². The molecule has 100 valence electrons. The van der Waals surface area contributed by atoms with Gasteiger partial charge in [0.1, 0.15) is 0 Å². The van der Waals surface area contributed by atoms with E-state index < -0.39 is 6.09 Å². The van der Waals surface area contributed by atoms with Crippen LogP contribution in [-0.4, -0.2) is 22.9 Å². The average molecular weight is 259 g/mol.